The van der Waals surface area contributed by atoms with Crippen molar-refractivity contribution in [3.63, 3.8) is 0 Å². The van der Waals surface area contributed by atoms with Gasteiger partial charge in [-0.1, -0.05) is 0 Å². The highest BCUT2D eigenvalue weighted by Crippen LogP contribution is 2.22. The lowest BCUT2D eigenvalue weighted by Gasteiger charge is -2.27. The summed E-state index contributed by atoms with van der Waals surface area (Å²) in [6.45, 7) is 3.41. The van der Waals surface area contributed by atoms with E-state index in [1.165, 1.54) is 42.4 Å². The minimum Gasteiger partial charge on any atom is -0.340 e. The number of halogens is 2. The Morgan fingerprint density at radius 3 is 2.69 bits per heavy atom. The standard InChI is InChI=1S/C18H24FN3O2S.ClH/c1-12(18(24)22-9-8-15-6-7-16(10-22)20-15)25-11-17(23)21-14-4-2-13(19)3-5-14;/h2-5,12,15-16,20H,6-11H2,1H3,(H,21,23);1H. The van der Waals surface area contributed by atoms with Crippen LogP contribution in [-0.4, -0.2) is 52.9 Å². The summed E-state index contributed by atoms with van der Waals surface area (Å²) in [7, 11) is 0. The van der Waals surface area contributed by atoms with E-state index in [0.717, 1.165) is 25.9 Å². The van der Waals surface area contributed by atoms with E-state index in [1.807, 2.05) is 11.8 Å². The summed E-state index contributed by atoms with van der Waals surface area (Å²) in [4.78, 5) is 26.6. The maximum absolute atomic E-state index is 12.9. The number of carbonyl (C=O) groups is 2. The number of benzene rings is 1. The highest BCUT2D eigenvalue weighted by atomic mass is 35.5. The molecule has 5 nitrogen and oxygen atoms in total. The molecular formula is C18H25ClFN3O2S. The molecule has 1 aromatic carbocycles. The van der Waals surface area contributed by atoms with E-state index in [1.54, 1.807) is 0 Å². The van der Waals surface area contributed by atoms with Crippen LogP contribution in [0.1, 0.15) is 26.2 Å². The van der Waals surface area contributed by atoms with Gasteiger partial charge in [0.2, 0.25) is 11.8 Å². The molecule has 0 radical (unpaired) electrons. The molecule has 2 heterocycles. The molecule has 1 aromatic rings. The second kappa shape index (κ2) is 9.58. The number of thioether (sulfide) groups is 1. The number of hydrogen-bond donors (Lipinski definition) is 2. The van der Waals surface area contributed by atoms with Gasteiger partial charge in [0.05, 0.1) is 11.0 Å². The van der Waals surface area contributed by atoms with Gasteiger partial charge in [-0.25, -0.2) is 4.39 Å². The highest BCUT2D eigenvalue weighted by Gasteiger charge is 2.32. The number of amides is 2. The van der Waals surface area contributed by atoms with E-state index in [9.17, 15) is 14.0 Å². The molecule has 2 bridgehead atoms. The Morgan fingerprint density at radius 1 is 1.27 bits per heavy atom. The lowest BCUT2D eigenvalue weighted by atomic mass is 10.1. The number of anilines is 1. The van der Waals surface area contributed by atoms with Crippen molar-refractivity contribution < 1.29 is 14.0 Å². The van der Waals surface area contributed by atoms with Crippen LogP contribution in [0.5, 0.6) is 0 Å². The van der Waals surface area contributed by atoms with Crippen molar-refractivity contribution in [3.8, 4) is 0 Å². The summed E-state index contributed by atoms with van der Waals surface area (Å²) < 4.78 is 12.9. The number of rotatable bonds is 5. The zero-order valence-electron chi connectivity index (χ0n) is 14.7. The van der Waals surface area contributed by atoms with Gasteiger partial charge in [-0.3, -0.25) is 9.59 Å². The SMILES string of the molecule is CC(SCC(=O)Nc1ccc(F)cc1)C(=O)N1CCC2CCC(C1)N2.Cl. The summed E-state index contributed by atoms with van der Waals surface area (Å²) in [5, 5.41) is 6.03. The van der Waals surface area contributed by atoms with Gasteiger partial charge in [0.25, 0.3) is 0 Å². The first kappa shape index (κ1) is 21.0. The number of hydrogen-bond acceptors (Lipinski definition) is 4. The van der Waals surface area contributed by atoms with Crippen LogP contribution < -0.4 is 10.6 Å². The normalized spacial score (nSPS) is 22.9. The minimum absolute atomic E-state index is 0. The van der Waals surface area contributed by atoms with Gasteiger partial charge in [-0.2, -0.15) is 0 Å². The molecule has 0 aliphatic carbocycles. The molecule has 2 aliphatic rings. The molecule has 0 aromatic heterocycles. The molecular weight excluding hydrogens is 377 g/mol. The molecule has 2 fully saturated rings. The molecule has 3 rings (SSSR count). The Bertz CT molecular complexity index is 631. The van der Waals surface area contributed by atoms with Crippen LogP contribution in [0.4, 0.5) is 10.1 Å². The molecule has 8 heteroatoms. The van der Waals surface area contributed by atoms with Crippen molar-refractivity contribution >= 4 is 41.7 Å². The van der Waals surface area contributed by atoms with Crippen molar-refractivity contribution in [1.82, 2.24) is 10.2 Å². The van der Waals surface area contributed by atoms with Crippen LogP contribution in [0.25, 0.3) is 0 Å². The third kappa shape index (κ3) is 5.59. The number of fused-ring (bicyclic) bond motifs is 2. The number of nitrogens with zero attached hydrogens (tertiary/aromatic N) is 1. The zero-order chi connectivity index (χ0) is 17.8. The van der Waals surface area contributed by atoms with Gasteiger partial charge >= 0.3 is 0 Å². The second-order valence-corrected chi connectivity index (χ2v) is 8.05. The largest absolute Gasteiger partial charge is 0.340 e. The molecule has 144 valence electrons. The van der Waals surface area contributed by atoms with E-state index in [0.29, 0.717) is 17.8 Å². The summed E-state index contributed by atoms with van der Waals surface area (Å²) in [5.41, 5.74) is 0.556. The molecule has 26 heavy (non-hydrogen) atoms. The zero-order valence-corrected chi connectivity index (χ0v) is 16.4. The van der Waals surface area contributed by atoms with Gasteiger partial charge in [-0.05, 0) is 50.5 Å². The van der Waals surface area contributed by atoms with Crippen molar-refractivity contribution in [2.24, 2.45) is 0 Å². The fourth-order valence-corrected chi connectivity index (χ4v) is 4.17. The Kier molecular flexibility index (Phi) is 7.73. The molecule has 2 aliphatic heterocycles. The second-order valence-electron chi connectivity index (χ2n) is 6.72. The molecule has 2 N–H and O–H groups in total. The van der Waals surface area contributed by atoms with Crippen molar-refractivity contribution in [1.29, 1.82) is 0 Å². The first-order valence-corrected chi connectivity index (χ1v) is 9.78. The Balaban J connectivity index is 0.00000243. The lowest BCUT2D eigenvalue weighted by Crippen LogP contribution is -2.42. The van der Waals surface area contributed by atoms with Gasteiger partial charge in [0.1, 0.15) is 5.82 Å². The van der Waals surface area contributed by atoms with Gasteiger partial charge in [0.15, 0.2) is 0 Å². The Hall–Kier alpha value is -1.31. The first-order valence-electron chi connectivity index (χ1n) is 8.73. The van der Waals surface area contributed by atoms with Crippen LogP contribution in [0, 0.1) is 5.82 Å². The predicted octanol–water partition coefficient (Wildman–Crippen LogP) is 2.66. The van der Waals surface area contributed by atoms with E-state index >= 15 is 0 Å². The van der Waals surface area contributed by atoms with Crippen molar-refractivity contribution in [2.75, 3.05) is 24.2 Å². The van der Waals surface area contributed by atoms with E-state index in [-0.39, 0.29) is 41.0 Å². The highest BCUT2D eigenvalue weighted by molar-refractivity contribution is 8.01. The minimum atomic E-state index is -0.341. The molecule has 3 unspecified atom stereocenters. The maximum atomic E-state index is 12.9. The molecule has 0 saturated carbocycles. The predicted molar refractivity (Wildman–Crippen MR) is 105 cm³/mol. The van der Waals surface area contributed by atoms with Crippen LogP contribution in [0.2, 0.25) is 0 Å². The molecule has 3 atom stereocenters. The lowest BCUT2D eigenvalue weighted by molar-refractivity contribution is -0.130. The number of carbonyl (C=O) groups excluding carboxylic acids is 2. The Morgan fingerprint density at radius 2 is 1.96 bits per heavy atom. The smallest absolute Gasteiger partial charge is 0.235 e. The summed E-state index contributed by atoms with van der Waals surface area (Å²) in [5.74, 6) is -0.225. The van der Waals surface area contributed by atoms with E-state index < -0.39 is 0 Å². The van der Waals surface area contributed by atoms with Crippen molar-refractivity contribution in [3.05, 3.63) is 30.1 Å². The first-order chi connectivity index (χ1) is 12.0. The quantitative estimate of drug-likeness (QED) is 0.796. The molecule has 2 amide bonds. The van der Waals surface area contributed by atoms with Gasteiger partial charge < -0.3 is 15.5 Å². The summed E-state index contributed by atoms with van der Waals surface area (Å²) >= 11 is 1.34. The van der Waals surface area contributed by atoms with Crippen LogP contribution in [0.15, 0.2) is 24.3 Å². The molecule has 0 spiro atoms. The monoisotopic (exact) mass is 401 g/mol. The van der Waals surface area contributed by atoms with Gasteiger partial charge in [0, 0.05) is 30.9 Å². The van der Waals surface area contributed by atoms with E-state index in [4.69, 9.17) is 0 Å². The third-order valence-corrected chi connectivity index (χ3v) is 5.91. The van der Waals surface area contributed by atoms with Crippen LogP contribution >= 0.6 is 24.2 Å². The Labute approximate surface area is 163 Å². The summed E-state index contributed by atoms with van der Waals surface area (Å²) in [6.07, 6.45) is 3.35. The fraction of sp³-hybridized carbons (Fsp3) is 0.556. The third-order valence-electron chi connectivity index (χ3n) is 4.78. The summed E-state index contributed by atoms with van der Waals surface area (Å²) in [6, 6.07) is 6.60. The number of nitrogens with one attached hydrogen (secondary N) is 2. The van der Waals surface area contributed by atoms with E-state index in [2.05, 4.69) is 10.6 Å². The average molecular weight is 402 g/mol. The maximum Gasteiger partial charge on any atom is 0.235 e. The van der Waals surface area contributed by atoms with Crippen LogP contribution in [0.3, 0.4) is 0 Å². The topological polar surface area (TPSA) is 61.4 Å². The van der Waals surface area contributed by atoms with Crippen LogP contribution in [-0.2, 0) is 9.59 Å². The van der Waals surface area contributed by atoms with Crippen molar-refractivity contribution in [2.45, 2.75) is 43.5 Å². The average Bonchev–Trinajstić information content (AvgIpc) is 2.93. The molecule has 2 saturated heterocycles. The number of likely N-dealkylation sites (tertiary alicyclic amines) is 1. The fourth-order valence-electron chi connectivity index (χ4n) is 3.40. The van der Waals surface area contributed by atoms with Gasteiger partial charge in [-0.15, -0.1) is 24.2 Å².